The number of hydrazone groups is 1. The number of amidine groups is 1. The van der Waals surface area contributed by atoms with E-state index in [1.54, 1.807) is 43.3 Å². The Morgan fingerprint density at radius 3 is 2.50 bits per heavy atom. The molecule has 1 heterocycles. The van der Waals surface area contributed by atoms with E-state index in [0.717, 1.165) is 11.6 Å². The predicted octanol–water partition coefficient (Wildman–Crippen LogP) is 3.93. The van der Waals surface area contributed by atoms with Crippen molar-refractivity contribution in [2.45, 2.75) is 13.5 Å². The standard InChI is InChI=1S/C24H21F2N5O3/c1-13-8-14(2-7-20(13)25)11-33-16-5-3-15(4-6-16)29-24(32)19-12-34-22-10-18(23(30-27)31-28)21(26)9-17(19)22/h2-10,12H,11,27-28H2,1H3,(H,29,32)(H,30,31). The highest BCUT2D eigenvalue weighted by Gasteiger charge is 2.19. The molecule has 10 heteroatoms. The zero-order valence-electron chi connectivity index (χ0n) is 18.1. The highest BCUT2D eigenvalue weighted by molar-refractivity contribution is 6.13. The van der Waals surface area contributed by atoms with Crippen LogP contribution in [0.3, 0.4) is 0 Å². The van der Waals surface area contributed by atoms with Crippen LogP contribution >= 0.6 is 0 Å². The number of hydrogen-bond donors (Lipinski definition) is 4. The molecular formula is C24H21F2N5O3. The van der Waals surface area contributed by atoms with E-state index in [1.807, 2.05) is 0 Å². The summed E-state index contributed by atoms with van der Waals surface area (Å²) in [4.78, 5) is 12.8. The highest BCUT2D eigenvalue weighted by atomic mass is 19.1. The third-order valence-electron chi connectivity index (χ3n) is 5.17. The topological polar surface area (TPSA) is 128 Å². The number of fused-ring (bicyclic) bond motifs is 1. The first-order chi connectivity index (χ1) is 16.4. The second-order valence-electron chi connectivity index (χ2n) is 7.45. The Labute approximate surface area is 193 Å². The maximum Gasteiger partial charge on any atom is 0.259 e. The fourth-order valence-electron chi connectivity index (χ4n) is 3.39. The smallest absolute Gasteiger partial charge is 0.259 e. The molecule has 4 rings (SSSR count). The molecule has 0 bridgehead atoms. The van der Waals surface area contributed by atoms with Crippen molar-refractivity contribution in [1.82, 2.24) is 5.43 Å². The molecule has 3 aromatic carbocycles. The summed E-state index contributed by atoms with van der Waals surface area (Å²) < 4.78 is 39.0. The molecule has 0 unspecified atom stereocenters. The molecule has 0 spiro atoms. The van der Waals surface area contributed by atoms with Crippen LogP contribution in [0.4, 0.5) is 14.5 Å². The number of hydrazine groups is 1. The van der Waals surface area contributed by atoms with Crippen molar-refractivity contribution in [1.29, 1.82) is 0 Å². The van der Waals surface area contributed by atoms with Gasteiger partial charge in [0.25, 0.3) is 5.91 Å². The number of aryl methyl sites for hydroxylation is 1. The van der Waals surface area contributed by atoms with E-state index in [1.165, 1.54) is 18.4 Å². The first-order valence-electron chi connectivity index (χ1n) is 10.1. The molecule has 0 aliphatic heterocycles. The first-order valence-corrected chi connectivity index (χ1v) is 10.1. The normalized spacial score (nSPS) is 11.5. The summed E-state index contributed by atoms with van der Waals surface area (Å²) in [7, 11) is 0. The maximum absolute atomic E-state index is 14.5. The number of nitrogens with zero attached hydrogens (tertiary/aromatic N) is 1. The Bertz CT molecular complexity index is 1380. The van der Waals surface area contributed by atoms with Crippen molar-refractivity contribution in [3.63, 3.8) is 0 Å². The van der Waals surface area contributed by atoms with E-state index in [4.69, 9.17) is 20.8 Å². The first kappa shape index (κ1) is 22.7. The molecule has 0 fully saturated rings. The number of anilines is 1. The number of nitrogens with one attached hydrogen (secondary N) is 2. The van der Waals surface area contributed by atoms with Gasteiger partial charge >= 0.3 is 0 Å². The van der Waals surface area contributed by atoms with Crippen LogP contribution in [0.25, 0.3) is 11.0 Å². The van der Waals surface area contributed by atoms with Gasteiger partial charge in [-0.25, -0.2) is 14.6 Å². The van der Waals surface area contributed by atoms with Gasteiger partial charge in [0.2, 0.25) is 0 Å². The second kappa shape index (κ2) is 9.59. The molecule has 4 aromatic rings. The average Bonchev–Trinajstić information content (AvgIpc) is 3.24. The van der Waals surface area contributed by atoms with Crippen LogP contribution in [0.2, 0.25) is 0 Å². The van der Waals surface area contributed by atoms with Crippen LogP contribution in [-0.4, -0.2) is 11.7 Å². The minimum Gasteiger partial charge on any atom is -0.489 e. The molecule has 1 aromatic heterocycles. The van der Waals surface area contributed by atoms with Crippen molar-refractivity contribution in [2.75, 3.05) is 5.32 Å². The van der Waals surface area contributed by atoms with Crippen molar-refractivity contribution < 1.29 is 22.7 Å². The molecule has 174 valence electrons. The minimum atomic E-state index is -0.678. The van der Waals surface area contributed by atoms with Crippen LogP contribution < -0.4 is 27.2 Å². The Balaban J connectivity index is 1.45. The third-order valence-corrected chi connectivity index (χ3v) is 5.17. The zero-order valence-corrected chi connectivity index (χ0v) is 18.1. The monoisotopic (exact) mass is 465 g/mol. The van der Waals surface area contributed by atoms with Gasteiger partial charge in [-0.05, 0) is 66.6 Å². The van der Waals surface area contributed by atoms with E-state index in [-0.39, 0.29) is 40.4 Å². The number of carbonyl (C=O) groups is 1. The molecular weight excluding hydrogens is 444 g/mol. The van der Waals surface area contributed by atoms with E-state index in [2.05, 4.69) is 15.8 Å². The Kier molecular flexibility index (Phi) is 6.42. The molecule has 0 radical (unpaired) electrons. The molecule has 34 heavy (non-hydrogen) atoms. The van der Waals surface area contributed by atoms with Gasteiger partial charge in [0.1, 0.15) is 35.8 Å². The summed E-state index contributed by atoms with van der Waals surface area (Å²) in [5.41, 5.74) is 4.51. The zero-order chi connectivity index (χ0) is 24.2. The number of benzene rings is 3. The van der Waals surface area contributed by atoms with Gasteiger partial charge in [-0.2, -0.15) is 5.10 Å². The van der Waals surface area contributed by atoms with Crippen LogP contribution in [-0.2, 0) is 6.61 Å². The number of amides is 1. The Hall–Kier alpha value is -4.44. The predicted molar refractivity (Wildman–Crippen MR) is 124 cm³/mol. The summed E-state index contributed by atoms with van der Waals surface area (Å²) in [6.45, 7) is 1.97. The van der Waals surface area contributed by atoms with Crippen molar-refractivity contribution in [3.05, 3.63) is 94.7 Å². The fourth-order valence-corrected chi connectivity index (χ4v) is 3.39. The number of hydrogen-bond acceptors (Lipinski definition) is 6. The molecule has 0 aliphatic rings. The molecule has 6 N–H and O–H groups in total. The molecule has 0 atom stereocenters. The minimum absolute atomic E-state index is 0.00481. The third kappa shape index (κ3) is 4.66. The molecule has 1 amide bonds. The second-order valence-corrected chi connectivity index (χ2v) is 7.45. The Morgan fingerprint density at radius 2 is 1.82 bits per heavy atom. The number of furan rings is 1. The van der Waals surface area contributed by atoms with Crippen molar-refractivity contribution >= 4 is 28.4 Å². The van der Waals surface area contributed by atoms with Gasteiger partial charge in [0.05, 0.1) is 11.1 Å². The van der Waals surface area contributed by atoms with E-state index in [0.29, 0.717) is 17.0 Å². The lowest BCUT2D eigenvalue weighted by Gasteiger charge is -2.09. The van der Waals surface area contributed by atoms with E-state index >= 15 is 0 Å². The largest absolute Gasteiger partial charge is 0.489 e. The summed E-state index contributed by atoms with van der Waals surface area (Å²) in [6.07, 6.45) is 1.24. The lowest BCUT2D eigenvalue weighted by molar-refractivity contribution is 0.102. The Morgan fingerprint density at radius 1 is 1.06 bits per heavy atom. The van der Waals surface area contributed by atoms with Crippen LogP contribution in [0.1, 0.15) is 27.0 Å². The summed E-state index contributed by atoms with van der Waals surface area (Å²) >= 11 is 0. The molecule has 0 saturated carbocycles. The number of nitrogens with two attached hydrogens (primary N) is 2. The summed E-state index contributed by atoms with van der Waals surface area (Å²) in [5.74, 6) is 9.58. The van der Waals surface area contributed by atoms with Crippen molar-refractivity contribution in [2.24, 2.45) is 16.8 Å². The SMILES string of the molecule is Cc1cc(COc2ccc(NC(=O)c3coc4cc(/C(=N/N)NN)c(F)cc34)cc2)ccc1F. The van der Waals surface area contributed by atoms with Gasteiger partial charge in [-0.3, -0.25) is 4.79 Å². The maximum atomic E-state index is 14.5. The number of halogens is 2. The van der Waals surface area contributed by atoms with Gasteiger partial charge in [0, 0.05) is 11.1 Å². The number of carbonyl (C=O) groups excluding carboxylic acids is 1. The number of rotatable bonds is 6. The lowest BCUT2D eigenvalue weighted by atomic mass is 10.1. The molecule has 0 saturated heterocycles. The van der Waals surface area contributed by atoms with Crippen molar-refractivity contribution in [3.8, 4) is 5.75 Å². The van der Waals surface area contributed by atoms with Gasteiger partial charge in [0.15, 0.2) is 5.84 Å². The summed E-state index contributed by atoms with van der Waals surface area (Å²) in [5, 5.41) is 6.40. The number of ether oxygens (including phenoxy) is 1. The fraction of sp³-hybridized carbons (Fsp3) is 0.0833. The van der Waals surface area contributed by atoms with Gasteiger partial charge in [-0.15, -0.1) is 0 Å². The molecule has 0 aliphatic carbocycles. The van der Waals surface area contributed by atoms with E-state index in [9.17, 15) is 13.6 Å². The average molecular weight is 465 g/mol. The van der Waals surface area contributed by atoms with Crippen LogP contribution in [0.15, 0.2) is 70.4 Å². The van der Waals surface area contributed by atoms with E-state index < -0.39 is 11.7 Å². The quantitative estimate of drug-likeness (QED) is 0.148. The van der Waals surface area contributed by atoms with Gasteiger partial charge in [-0.1, -0.05) is 6.07 Å². The van der Waals surface area contributed by atoms with Crippen LogP contribution in [0, 0.1) is 18.6 Å². The van der Waals surface area contributed by atoms with Gasteiger partial charge < -0.3 is 25.7 Å². The van der Waals surface area contributed by atoms with Crippen LogP contribution in [0.5, 0.6) is 5.75 Å². The molecule has 8 nitrogen and oxygen atoms in total. The summed E-state index contributed by atoms with van der Waals surface area (Å²) in [6, 6.07) is 14.0. The lowest BCUT2D eigenvalue weighted by Crippen LogP contribution is -2.32. The highest BCUT2D eigenvalue weighted by Crippen LogP contribution is 2.26.